The minimum Gasteiger partial charge on any atom is -0.328 e. The van der Waals surface area contributed by atoms with Crippen molar-refractivity contribution in [1.29, 1.82) is 0 Å². The van der Waals surface area contributed by atoms with Crippen molar-refractivity contribution in [2.75, 3.05) is 0 Å². The fourth-order valence-corrected chi connectivity index (χ4v) is 3.54. The predicted octanol–water partition coefficient (Wildman–Crippen LogP) is 3.98. The molecule has 1 aromatic heterocycles. The van der Waals surface area contributed by atoms with E-state index in [0.29, 0.717) is 6.04 Å². The Balaban J connectivity index is 1.58. The summed E-state index contributed by atoms with van der Waals surface area (Å²) in [7, 11) is 0. The highest BCUT2D eigenvalue weighted by molar-refractivity contribution is 7.09. The van der Waals surface area contributed by atoms with Crippen LogP contribution in [0.3, 0.4) is 0 Å². The van der Waals surface area contributed by atoms with E-state index in [4.69, 9.17) is 5.73 Å². The van der Waals surface area contributed by atoms with Crippen LogP contribution < -0.4 is 5.73 Å². The van der Waals surface area contributed by atoms with Gasteiger partial charge in [-0.1, -0.05) is 31.7 Å². The third-order valence-corrected chi connectivity index (χ3v) is 4.63. The maximum Gasteiger partial charge on any atom is 0.00452 e. The van der Waals surface area contributed by atoms with Gasteiger partial charge in [-0.05, 0) is 43.0 Å². The molecule has 0 amide bonds. The van der Waals surface area contributed by atoms with Crippen molar-refractivity contribution >= 4 is 11.3 Å². The van der Waals surface area contributed by atoms with E-state index in [0.717, 1.165) is 5.92 Å². The third-order valence-electron chi connectivity index (χ3n) is 3.69. The first-order valence-electron chi connectivity index (χ1n) is 6.62. The number of hydrogen-bond acceptors (Lipinski definition) is 2. The standard InChI is InChI=1S/C14H23NS/c15-13(11-12-5-1-2-6-12)7-3-8-14-9-4-10-16-14/h4,9-10,12-13H,1-3,5-8,11,15H2. The zero-order valence-electron chi connectivity index (χ0n) is 10.0. The van der Waals surface area contributed by atoms with E-state index in [-0.39, 0.29) is 0 Å². The summed E-state index contributed by atoms with van der Waals surface area (Å²) in [5, 5.41) is 2.16. The van der Waals surface area contributed by atoms with Crippen LogP contribution >= 0.6 is 11.3 Å². The lowest BCUT2D eigenvalue weighted by atomic mass is 9.95. The average molecular weight is 237 g/mol. The van der Waals surface area contributed by atoms with Gasteiger partial charge in [0.1, 0.15) is 0 Å². The zero-order chi connectivity index (χ0) is 11.2. The van der Waals surface area contributed by atoms with E-state index in [1.54, 1.807) is 0 Å². The molecule has 2 heteroatoms. The number of nitrogens with two attached hydrogens (primary N) is 1. The van der Waals surface area contributed by atoms with Crippen molar-refractivity contribution in [3.63, 3.8) is 0 Å². The van der Waals surface area contributed by atoms with Crippen LogP contribution in [0.25, 0.3) is 0 Å². The van der Waals surface area contributed by atoms with Crippen LogP contribution in [0.5, 0.6) is 0 Å². The lowest BCUT2D eigenvalue weighted by Gasteiger charge is -2.15. The maximum atomic E-state index is 6.20. The van der Waals surface area contributed by atoms with Crippen molar-refractivity contribution in [3.05, 3.63) is 22.4 Å². The van der Waals surface area contributed by atoms with E-state index < -0.39 is 0 Å². The highest BCUT2D eigenvalue weighted by Gasteiger charge is 2.17. The molecule has 16 heavy (non-hydrogen) atoms. The summed E-state index contributed by atoms with van der Waals surface area (Å²) in [4.78, 5) is 1.51. The van der Waals surface area contributed by atoms with E-state index in [9.17, 15) is 0 Å². The first-order valence-corrected chi connectivity index (χ1v) is 7.50. The van der Waals surface area contributed by atoms with Crippen LogP contribution in [-0.4, -0.2) is 6.04 Å². The van der Waals surface area contributed by atoms with Crippen LogP contribution in [0.1, 0.15) is 49.8 Å². The van der Waals surface area contributed by atoms with Gasteiger partial charge in [0.15, 0.2) is 0 Å². The quantitative estimate of drug-likeness (QED) is 0.795. The topological polar surface area (TPSA) is 26.0 Å². The molecule has 0 radical (unpaired) electrons. The molecule has 0 aromatic carbocycles. The second kappa shape index (κ2) is 6.41. The van der Waals surface area contributed by atoms with E-state index in [1.807, 2.05) is 11.3 Å². The molecule has 1 atom stereocenters. The largest absolute Gasteiger partial charge is 0.328 e. The lowest BCUT2D eigenvalue weighted by molar-refractivity contribution is 0.421. The summed E-state index contributed by atoms with van der Waals surface area (Å²) in [5.41, 5.74) is 6.20. The lowest BCUT2D eigenvalue weighted by Crippen LogP contribution is -2.22. The Morgan fingerprint density at radius 3 is 2.88 bits per heavy atom. The average Bonchev–Trinajstić information content (AvgIpc) is 2.90. The molecule has 1 aliphatic carbocycles. The van der Waals surface area contributed by atoms with Crippen LogP contribution in [0.2, 0.25) is 0 Å². The molecular formula is C14H23NS. The minimum absolute atomic E-state index is 0.447. The van der Waals surface area contributed by atoms with Crippen LogP contribution in [-0.2, 0) is 6.42 Å². The van der Waals surface area contributed by atoms with Crippen molar-refractivity contribution in [3.8, 4) is 0 Å². The van der Waals surface area contributed by atoms with Gasteiger partial charge >= 0.3 is 0 Å². The van der Waals surface area contributed by atoms with E-state index >= 15 is 0 Å². The molecule has 0 bridgehead atoms. The van der Waals surface area contributed by atoms with Gasteiger partial charge in [0, 0.05) is 10.9 Å². The van der Waals surface area contributed by atoms with Gasteiger partial charge in [-0.15, -0.1) is 11.3 Å². The third kappa shape index (κ3) is 3.91. The Hall–Kier alpha value is -0.340. The van der Waals surface area contributed by atoms with Crippen LogP contribution in [0.4, 0.5) is 0 Å². The van der Waals surface area contributed by atoms with Gasteiger partial charge < -0.3 is 5.73 Å². The number of rotatable bonds is 6. The fraction of sp³-hybridized carbons (Fsp3) is 0.714. The molecule has 0 aliphatic heterocycles. The first kappa shape index (κ1) is 12.1. The SMILES string of the molecule is NC(CCCc1cccs1)CC1CCCC1. The van der Waals surface area contributed by atoms with Gasteiger partial charge in [-0.2, -0.15) is 0 Å². The highest BCUT2D eigenvalue weighted by Crippen LogP contribution is 2.29. The number of thiophene rings is 1. The monoisotopic (exact) mass is 237 g/mol. The summed E-state index contributed by atoms with van der Waals surface area (Å²) >= 11 is 1.87. The molecular weight excluding hydrogens is 214 g/mol. The van der Waals surface area contributed by atoms with Gasteiger partial charge in [-0.3, -0.25) is 0 Å². The van der Waals surface area contributed by atoms with E-state index in [1.165, 1.54) is 56.2 Å². The van der Waals surface area contributed by atoms with Gasteiger partial charge in [0.05, 0.1) is 0 Å². The van der Waals surface area contributed by atoms with Crippen LogP contribution in [0.15, 0.2) is 17.5 Å². The minimum atomic E-state index is 0.447. The Labute approximate surface area is 103 Å². The molecule has 2 N–H and O–H groups in total. The second-order valence-corrected chi connectivity index (χ2v) is 6.15. The van der Waals surface area contributed by atoms with Crippen molar-refractivity contribution < 1.29 is 0 Å². The molecule has 1 unspecified atom stereocenters. The molecule has 0 spiro atoms. The Morgan fingerprint density at radius 2 is 2.19 bits per heavy atom. The molecule has 1 saturated carbocycles. The molecule has 90 valence electrons. The van der Waals surface area contributed by atoms with E-state index in [2.05, 4.69) is 17.5 Å². The van der Waals surface area contributed by atoms with Crippen molar-refractivity contribution in [2.45, 2.75) is 57.4 Å². The molecule has 1 heterocycles. The number of hydrogen-bond donors (Lipinski definition) is 1. The van der Waals surface area contributed by atoms with Gasteiger partial charge in [0.25, 0.3) is 0 Å². The highest BCUT2D eigenvalue weighted by atomic mass is 32.1. The molecule has 2 rings (SSSR count). The van der Waals surface area contributed by atoms with Crippen molar-refractivity contribution in [1.82, 2.24) is 0 Å². The molecule has 0 saturated heterocycles. The fourth-order valence-electron chi connectivity index (χ4n) is 2.79. The first-order chi connectivity index (χ1) is 7.84. The molecule has 1 aromatic rings. The summed E-state index contributed by atoms with van der Waals surface area (Å²) in [6.45, 7) is 0. The maximum absolute atomic E-state index is 6.20. The Morgan fingerprint density at radius 1 is 1.38 bits per heavy atom. The predicted molar refractivity (Wildman–Crippen MR) is 71.8 cm³/mol. The van der Waals surface area contributed by atoms with Crippen LogP contribution in [0, 0.1) is 5.92 Å². The molecule has 1 aliphatic rings. The zero-order valence-corrected chi connectivity index (χ0v) is 10.8. The van der Waals surface area contributed by atoms with Gasteiger partial charge in [0.2, 0.25) is 0 Å². The normalized spacial score (nSPS) is 19.1. The summed E-state index contributed by atoms with van der Waals surface area (Å²) in [6.07, 6.45) is 10.7. The summed E-state index contributed by atoms with van der Waals surface area (Å²) < 4.78 is 0. The Bertz CT molecular complexity index is 275. The van der Waals surface area contributed by atoms with Crippen molar-refractivity contribution in [2.24, 2.45) is 11.7 Å². The molecule has 1 fully saturated rings. The second-order valence-electron chi connectivity index (χ2n) is 5.12. The number of aryl methyl sites for hydroxylation is 1. The van der Waals surface area contributed by atoms with Gasteiger partial charge in [-0.25, -0.2) is 0 Å². The summed E-state index contributed by atoms with van der Waals surface area (Å²) in [6, 6.07) is 4.81. The smallest absolute Gasteiger partial charge is 0.00452 e. The Kier molecular flexibility index (Phi) is 4.86. The molecule has 1 nitrogen and oxygen atoms in total. The summed E-state index contributed by atoms with van der Waals surface area (Å²) in [5.74, 6) is 0.941.